The maximum absolute atomic E-state index is 5.09. The van der Waals surface area contributed by atoms with Crippen LogP contribution in [-0.2, 0) is 6.54 Å². The van der Waals surface area contributed by atoms with E-state index in [-0.39, 0.29) is 5.54 Å². The topological polar surface area (TPSA) is 24.9 Å². The van der Waals surface area contributed by atoms with Crippen LogP contribution in [0.2, 0.25) is 0 Å². The van der Waals surface area contributed by atoms with Crippen LogP contribution >= 0.6 is 11.3 Å². The van der Waals surface area contributed by atoms with Crippen LogP contribution in [0.1, 0.15) is 87.7 Å². The van der Waals surface area contributed by atoms with Crippen molar-refractivity contribution in [3.05, 3.63) is 15.6 Å². The molecule has 0 spiro atoms. The average Bonchev–Trinajstić information content (AvgIpc) is 3.09. The smallest absolute Gasteiger partial charge is 0.0965 e. The van der Waals surface area contributed by atoms with Crippen molar-refractivity contribution in [1.82, 2.24) is 10.3 Å². The summed E-state index contributed by atoms with van der Waals surface area (Å²) in [5.41, 5.74) is 1.51. The molecule has 2 nitrogen and oxygen atoms in total. The standard InChI is InChI=1S/C18H30N2S/c1-11(2)16-15(10-19-18(3,4)5)21-17(20-16)14-9-12-6-7-13(14)8-12/h11-14,19H,6-10H2,1-5H3. The number of nitrogens with one attached hydrogen (secondary N) is 1. The van der Waals surface area contributed by atoms with Gasteiger partial charge >= 0.3 is 0 Å². The Morgan fingerprint density at radius 1 is 1.24 bits per heavy atom. The zero-order chi connectivity index (χ0) is 15.2. The molecule has 0 saturated heterocycles. The summed E-state index contributed by atoms with van der Waals surface area (Å²) < 4.78 is 0. The summed E-state index contributed by atoms with van der Waals surface area (Å²) in [6, 6.07) is 0. The lowest BCUT2D eigenvalue weighted by molar-refractivity contribution is 0.418. The molecule has 0 amide bonds. The number of fused-ring (bicyclic) bond motifs is 2. The van der Waals surface area contributed by atoms with E-state index in [0.717, 1.165) is 24.3 Å². The van der Waals surface area contributed by atoms with Crippen LogP contribution in [0.5, 0.6) is 0 Å². The molecule has 3 rings (SSSR count). The van der Waals surface area contributed by atoms with Crippen LogP contribution in [0.15, 0.2) is 0 Å². The summed E-state index contributed by atoms with van der Waals surface area (Å²) >= 11 is 1.99. The molecular formula is C18H30N2S. The molecule has 1 N–H and O–H groups in total. The molecule has 3 atom stereocenters. The Bertz CT molecular complexity index is 498. The summed E-state index contributed by atoms with van der Waals surface area (Å²) in [5.74, 6) is 3.24. The molecule has 1 aromatic heterocycles. The Morgan fingerprint density at radius 3 is 2.52 bits per heavy atom. The van der Waals surface area contributed by atoms with E-state index in [4.69, 9.17) is 4.98 Å². The zero-order valence-corrected chi connectivity index (χ0v) is 15.0. The maximum Gasteiger partial charge on any atom is 0.0965 e. The van der Waals surface area contributed by atoms with Gasteiger partial charge in [0.15, 0.2) is 0 Å². The highest BCUT2D eigenvalue weighted by atomic mass is 32.1. The molecule has 3 heteroatoms. The number of thiazole rings is 1. The fourth-order valence-electron chi connectivity index (χ4n) is 4.01. The Labute approximate surface area is 133 Å². The van der Waals surface area contributed by atoms with Gasteiger partial charge in [0, 0.05) is 22.9 Å². The van der Waals surface area contributed by atoms with Crippen molar-refractivity contribution in [1.29, 1.82) is 0 Å². The van der Waals surface area contributed by atoms with Gasteiger partial charge in [-0.3, -0.25) is 0 Å². The highest BCUT2D eigenvalue weighted by Gasteiger charge is 2.41. The lowest BCUT2D eigenvalue weighted by atomic mass is 9.89. The first kappa shape index (κ1) is 15.5. The first-order chi connectivity index (χ1) is 9.83. The van der Waals surface area contributed by atoms with E-state index in [1.165, 1.54) is 41.3 Å². The number of hydrogen-bond donors (Lipinski definition) is 1. The third-order valence-corrected chi connectivity index (χ3v) is 6.33. The first-order valence-electron chi connectivity index (χ1n) is 8.58. The predicted octanol–water partition coefficient (Wildman–Crippen LogP) is 5.06. The molecule has 0 radical (unpaired) electrons. The van der Waals surface area contributed by atoms with Gasteiger partial charge < -0.3 is 5.32 Å². The minimum atomic E-state index is 0.171. The third kappa shape index (κ3) is 3.34. The van der Waals surface area contributed by atoms with Gasteiger partial charge in [-0.05, 0) is 57.8 Å². The van der Waals surface area contributed by atoms with Crippen LogP contribution in [0.3, 0.4) is 0 Å². The molecule has 2 fully saturated rings. The minimum absolute atomic E-state index is 0.171. The van der Waals surface area contributed by atoms with Gasteiger partial charge in [-0.25, -0.2) is 4.98 Å². The first-order valence-corrected chi connectivity index (χ1v) is 9.39. The molecule has 118 valence electrons. The van der Waals surface area contributed by atoms with Gasteiger partial charge in [-0.1, -0.05) is 20.3 Å². The van der Waals surface area contributed by atoms with Crippen molar-refractivity contribution in [2.24, 2.45) is 11.8 Å². The van der Waals surface area contributed by atoms with E-state index in [9.17, 15) is 0 Å². The van der Waals surface area contributed by atoms with E-state index >= 15 is 0 Å². The number of nitrogens with zero attached hydrogens (tertiary/aromatic N) is 1. The molecule has 2 saturated carbocycles. The quantitative estimate of drug-likeness (QED) is 0.841. The number of rotatable bonds is 4. The SMILES string of the molecule is CC(C)c1nc(C2CC3CCC2C3)sc1CNC(C)(C)C. The van der Waals surface area contributed by atoms with Crippen molar-refractivity contribution in [3.8, 4) is 0 Å². The Balaban J connectivity index is 1.79. The summed E-state index contributed by atoms with van der Waals surface area (Å²) in [5, 5.41) is 5.08. The summed E-state index contributed by atoms with van der Waals surface area (Å²) in [7, 11) is 0. The summed E-state index contributed by atoms with van der Waals surface area (Å²) in [6.07, 6.45) is 5.79. The van der Waals surface area contributed by atoms with Gasteiger partial charge in [-0.2, -0.15) is 0 Å². The normalized spacial score (nSPS) is 28.8. The second-order valence-electron chi connectivity index (χ2n) is 8.40. The number of hydrogen-bond acceptors (Lipinski definition) is 3. The van der Waals surface area contributed by atoms with Crippen molar-refractivity contribution in [3.63, 3.8) is 0 Å². The van der Waals surface area contributed by atoms with Crippen LogP contribution in [0.25, 0.3) is 0 Å². The summed E-state index contributed by atoms with van der Waals surface area (Å²) in [4.78, 5) is 6.56. The summed E-state index contributed by atoms with van der Waals surface area (Å²) in [6.45, 7) is 12.2. The van der Waals surface area contributed by atoms with Crippen LogP contribution in [0, 0.1) is 11.8 Å². The van der Waals surface area contributed by atoms with Gasteiger partial charge in [0.2, 0.25) is 0 Å². The molecule has 3 unspecified atom stereocenters. The lowest BCUT2D eigenvalue weighted by Gasteiger charge is -2.20. The number of aromatic nitrogens is 1. The van der Waals surface area contributed by atoms with E-state index in [1.807, 2.05) is 11.3 Å². The maximum atomic E-state index is 5.09. The van der Waals surface area contributed by atoms with Gasteiger partial charge in [0.1, 0.15) is 0 Å². The van der Waals surface area contributed by atoms with Crippen LogP contribution in [-0.4, -0.2) is 10.5 Å². The van der Waals surface area contributed by atoms with Crippen molar-refractivity contribution < 1.29 is 0 Å². The van der Waals surface area contributed by atoms with E-state index < -0.39 is 0 Å². The molecule has 1 heterocycles. The lowest BCUT2D eigenvalue weighted by Crippen LogP contribution is -2.35. The van der Waals surface area contributed by atoms with Crippen molar-refractivity contribution >= 4 is 11.3 Å². The molecule has 0 aliphatic heterocycles. The Morgan fingerprint density at radius 2 is 2.00 bits per heavy atom. The van der Waals surface area contributed by atoms with Gasteiger partial charge in [0.05, 0.1) is 10.7 Å². The average molecular weight is 307 g/mol. The highest BCUT2D eigenvalue weighted by Crippen LogP contribution is 2.53. The van der Waals surface area contributed by atoms with E-state index in [0.29, 0.717) is 5.92 Å². The van der Waals surface area contributed by atoms with Gasteiger partial charge in [0.25, 0.3) is 0 Å². The molecular weight excluding hydrogens is 276 g/mol. The monoisotopic (exact) mass is 306 g/mol. The van der Waals surface area contributed by atoms with Crippen LogP contribution < -0.4 is 5.32 Å². The molecule has 1 aromatic rings. The highest BCUT2D eigenvalue weighted by molar-refractivity contribution is 7.11. The second-order valence-corrected chi connectivity index (χ2v) is 9.52. The molecule has 21 heavy (non-hydrogen) atoms. The van der Waals surface area contributed by atoms with Crippen molar-refractivity contribution in [2.75, 3.05) is 0 Å². The fraction of sp³-hybridized carbons (Fsp3) is 0.833. The molecule has 2 bridgehead atoms. The third-order valence-electron chi connectivity index (χ3n) is 5.13. The van der Waals surface area contributed by atoms with Crippen LogP contribution in [0.4, 0.5) is 0 Å². The van der Waals surface area contributed by atoms with Crippen molar-refractivity contribution in [2.45, 2.75) is 84.2 Å². The fourth-order valence-corrected chi connectivity index (χ4v) is 5.38. The molecule has 2 aliphatic rings. The van der Waals surface area contributed by atoms with Gasteiger partial charge in [-0.15, -0.1) is 11.3 Å². The Kier molecular flexibility index (Phi) is 4.17. The predicted molar refractivity (Wildman–Crippen MR) is 91.0 cm³/mol. The molecule has 2 aliphatic carbocycles. The second kappa shape index (κ2) is 5.66. The van der Waals surface area contributed by atoms with E-state index in [1.54, 1.807) is 0 Å². The zero-order valence-electron chi connectivity index (χ0n) is 14.2. The molecule has 0 aromatic carbocycles. The largest absolute Gasteiger partial charge is 0.307 e. The van der Waals surface area contributed by atoms with E-state index in [2.05, 4.69) is 39.9 Å². The minimum Gasteiger partial charge on any atom is -0.307 e. The Hall–Kier alpha value is -0.410.